The normalized spacial score (nSPS) is 12.1. The number of hydrogen-bond acceptors (Lipinski definition) is 2. The first-order valence-electron chi connectivity index (χ1n) is 6.97. The van der Waals surface area contributed by atoms with Crippen molar-refractivity contribution < 1.29 is 0 Å². The van der Waals surface area contributed by atoms with Crippen molar-refractivity contribution in [3.63, 3.8) is 0 Å². The molecule has 0 fully saturated rings. The maximum Gasteiger partial charge on any atom is 0.0981 e. The summed E-state index contributed by atoms with van der Waals surface area (Å²) in [5.74, 6) is 0. The van der Waals surface area contributed by atoms with Crippen LogP contribution in [0.15, 0.2) is 60.7 Å². The molecular weight excluding hydrogens is 244 g/mol. The zero-order valence-corrected chi connectivity index (χ0v) is 11.9. The molecule has 0 aliphatic rings. The third-order valence-corrected chi connectivity index (χ3v) is 3.51. The lowest BCUT2D eigenvalue weighted by Crippen LogP contribution is -2.30. The molecule has 0 aliphatic heterocycles. The minimum Gasteiger partial charge on any atom is -0.287 e. The maximum atomic E-state index is 9.36. The van der Waals surface area contributed by atoms with Crippen molar-refractivity contribution in [3.05, 3.63) is 71.8 Å². The summed E-state index contributed by atoms with van der Waals surface area (Å²) in [7, 11) is 2.02. The Morgan fingerprint density at radius 3 is 2.05 bits per heavy atom. The molecule has 1 atom stereocenters. The van der Waals surface area contributed by atoms with Gasteiger partial charge in [-0.15, -0.1) is 0 Å². The average Bonchev–Trinajstić information content (AvgIpc) is 2.50. The van der Waals surface area contributed by atoms with E-state index in [2.05, 4.69) is 35.2 Å². The predicted octanol–water partition coefficient (Wildman–Crippen LogP) is 3.64. The Kier molecular flexibility index (Phi) is 5.34. The van der Waals surface area contributed by atoms with Gasteiger partial charge in [-0.1, -0.05) is 60.7 Å². The van der Waals surface area contributed by atoms with E-state index in [1.807, 2.05) is 43.4 Å². The SMILES string of the molecule is CN(Cc1ccccc1)C(C#N)CCc1ccccc1. The fraction of sp³-hybridized carbons (Fsp3) is 0.278. The van der Waals surface area contributed by atoms with Gasteiger partial charge in [-0.3, -0.25) is 4.90 Å². The molecule has 0 N–H and O–H groups in total. The highest BCUT2D eigenvalue weighted by molar-refractivity contribution is 5.16. The van der Waals surface area contributed by atoms with E-state index in [1.54, 1.807) is 0 Å². The molecule has 102 valence electrons. The molecule has 2 aromatic rings. The van der Waals surface area contributed by atoms with E-state index in [9.17, 15) is 5.26 Å². The van der Waals surface area contributed by atoms with Crippen molar-refractivity contribution in [2.24, 2.45) is 0 Å². The molecule has 0 amide bonds. The van der Waals surface area contributed by atoms with Crippen molar-refractivity contribution in [2.45, 2.75) is 25.4 Å². The lowest BCUT2D eigenvalue weighted by atomic mass is 10.0. The summed E-state index contributed by atoms with van der Waals surface area (Å²) in [6.45, 7) is 0.813. The third kappa shape index (κ3) is 4.22. The molecule has 1 unspecified atom stereocenters. The van der Waals surface area contributed by atoms with Crippen LogP contribution in [-0.2, 0) is 13.0 Å². The van der Waals surface area contributed by atoms with Crippen LogP contribution in [-0.4, -0.2) is 18.0 Å². The van der Waals surface area contributed by atoms with Gasteiger partial charge in [0.2, 0.25) is 0 Å². The molecule has 0 aliphatic carbocycles. The van der Waals surface area contributed by atoms with Gasteiger partial charge in [0, 0.05) is 6.54 Å². The highest BCUT2D eigenvalue weighted by Crippen LogP contribution is 2.11. The van der Waals surface area contributed by atoms with E-state index < -0.39 is 0 Å². The Hall–Kier alpha value is -2.11. The monoisotopic (exact) mass is 264 g/mol. The second kappa shape index (κ2) is 7.47. The highest BCUT2D eigenvalue weighted by Gasteiger charge is 2.14. The number of nitrogens with zero attached hydrogens (tertiary/aromatic N) is 2. The number of hydrogen-bond donors (Lipinski definition) is 0. The van der Waals surface area contributed by atoms with Crippen molar-refractivity contribution in [1.82, 2.24) is 4.90 Å². The Bertz CT molecular complexity index is 543. The van der Waals surface area contributed by atoms with E-state index in [0.29, 0.717) is 0 Å². The molecule has 0 saturated carbocycles. The molecule has 0 bridgehead atoms. The van der Waals surface area contributed by atoms with Crippen LogP contribution in [0.1, 0.15) is 17.5 Å². The van der Waals surface area contributed by atoms with Gasteiger partial charge in [-0.05, 0) is 31.0 Å². The Labute approximate surface area is 121 Å². The van der Waals surface area contributed by atoms with Gasteiger partial charge in [0.1, 0.15) is 0 Å². The van der Waals surface area contributed by atoms with Crippen LogP contribution in [0.4, 0.5) is 0 Å². The second-order valence-corrected chi connectivity index (χ2v) is 5.07. The first-order chi connectivity index (χ1) is 9.79. The van der Waals surface area contributed by atoms with E-state index in [4.69, 9.17) is 0 Å². The fourth-order valence-electron chi connectivity index (χ4n) is 2.31. The molecule has 2 heteroatoms. The van der Waals surface area contributed by atoms with Gasteiger partial charge < -0.3 is 0 Å². The van der Waals surface area contributed by atoms with Gasteiger partial charge in [0.25, 0.3) is 0 Å². The van der Waals surface area contributed by atoms with E-state index in [-0.39, 0.29) is 6.04 Å². The molecule has 0 saturated heterocycles. The summed E-state index contributed by atoms with van der Waals surface area (Å²) < 4.78 is 0. The summed E-state index contributed by atoms with van der Waals surface area (Å²) in [5.41, 5.74) is 2.54. The largest absolute Gasteiger partial charge is 0.287 e. The molecule has 0 spiro atoms. The van der Waals surface area contributed by atoms with Crippen LogP contribution in [0.5, 0.6) is 0 Å². The molecule has 0 radical (unpaired) electrons. The molecule has 0 aromatic heterocycles. The zero-order chi connectivity index (χ0) is 14.2. The fourth-order valence-corrected chi connectivity index (χ4v) is 2.31. The Morgan fingerprint density at radius 1 is 0.950 bits per heavy atom. The summed E-state index contributed by atoms with van der Waals surface area (Å²) in [4.78, 5) is 2.12. The second-order valence-electron chi connectivity index (χ2n) is 5.07. The minimum atomic E-state index is -0.0459. The van der Waals surface area contributed by atoms with Gasteiger partial charge in [0.05, 0.1) is 12.1 Å². The minimum absolute atomic E-state index is 0.0459. The standard InChI is InChI=1S/C18H20N2/c1-20(15-17-10-6-3-7-11-17)18(14-19)13-12-16-8-4-2-5-9-16/h2-11,18H,12-13,15H2,1H3. The lowest BCUT2D eigenvalue weighted by molar-refractivity contribution is 0.268. The zero-order valence-electron chi connectivity index (χ0n) is 11.9. The van der Waals surface area contributed by atoms with Crippen LogP contribution >= 0.6 is 0 Å². The first kappa shape index (κ1) is 14.3. The van der Waals surface area contributed by atoms with Gasteiger partial charge >= 0.3 is 0 Å². The van der Waals surface area contributed by atoms with Crippen LogP contribution in [0, 0.1) is 11.3 Å². The summed E-state index contributed by atoms with van der Waals surface area (Å²) >= 11 is 0. The molecular formula is C18H20N2. The van der Waals surface area contributed by atoms with Crippen molar-refractivity contribution in [1.29, 1.82) is 5.26 Å². The van der Waals surface area contributed by atoms with E-state index in [0.717, 1.165) is 19.4 Å². The molecule has 0 heterocycles. The van der Waals surface area contributed by atoms with Crippen LogP contribution < -0.4 is 0 Å². The number of rotatable bonds is 6. The quantitative estimate of drug-likeness (QED) is 0.796. The van der Waals surface area contributed by atoms with E-state index >= 15 is 0 Å². The number of aryl methyl sites for hydroxylation is 1. The van der Waals surface area contributed by atoms with Gasteiger partial charge in [-0.2, -0.15) is 5.26 Å². The molecule has 20 heavy (non-hydrogen) atoms. The van der Waals surface area contributed by atoms with Gasteiger partial charge in [-0.25, -0.2) is 0 Å². The topological polar surface area (TPSA) is 27.0 Å². The molecule has 2 aromatic carbocycles. The van der Waals surface area contributed by atoms with Gasteiger partial charge in [0.15, 0.2) is 0 Å². The summed E-state index contributed by atoms with van der Waals surface area (Å²) in [5, 5.41) is 9.36. The highest BCUT2D eigenvalue weighted by atomic mass is 15.1. The summed E-state index contributed by atoms with van der Waals surface area (Å²) in [6.07, 6.45) is 1.81. The Balaban J connectivity index is 1.90. The summed E-state index contributed by atoms with van der Waals surface area (Å²) in [6, 6.07) is 23.0. The first-order valence-corrected chi connectivity index (χ1v) is 6.97. The predicted molar refractivity (Wildman–Crippen MR) is 82.1 cm³/mol. The average molecular weight is 264 g/mol. The maximum absolute atomic E-state index is 9.36. The Morgan fingerprint density at radius 2 is 1.50 bits per heavy atom. The third-order valence-electron chi connectivity index (χ3n) is 3.51. The lowest BCUT2D eigenvalue weighted by Gasteiger charge is -2.22. The molecule has 2 nitrogen and oxygen atoms in total. The number of nitriles is 1. The van der Waals surface area contributed by atoms with Crippen molar-refractivity contribution in [3.8, 4) is 6.07 Å². The van der Waals surface area contributed by atoms with E-state index in [1.165, 1.54) is 11.1 Å². The smallest absolute Gasteiger partial charge is 0.0981 e. The molecule has 2 rings (SSSR count). The van der Waals surface area contributed by atoms with Crippen molar-refractivity contribution >= 4 is 0 Å². The van der Waals surface area contributed by atoms with Crippen molar-refractivity contribution in [2.75, 3.05) is 7.05 Å². The number of benzene rings is 2. The van der Waals surface area contributed by atoms with Crippen LogP contribution in [0.3, 0.4) is 0 Å². The van der Waals surface area contributed by atoms with Crippen LogP contribution in [0.25, 0.3) is 0 Å². The van der Waals surface area contributed by atoms with Crippen LogP contribution in [0.2, 0.25) is 0 Å².